The number of amides is 1. The van der Waals surface area contributed by atoms with Crippen LogP contribution in [0, 0.1) is 12.3 Å². The second-order valence-corrected chi connectivity index (χ2v) is 9.63. The van der Waals surface area contributed by atoms with Crippen molar-refractivity contribution in [1.29, 1.82) is 0 Å². The summed E-state index contributed by atoms with van der Waals surface area (Å²) in [4.78, 5) is 19.2. The van der Waals surface area contributed by atoms with Gasteiger partial charge in [-0.1, -0.05) is 13.0 Å². The molecule has 1 aromatic heterocycles. The standard InChI is InChI=1S/C25H30F3N3O5/c1-15-20(36-25(26,27)28)7-8-23(29-15)31-10-18(11-31)35-22-9-17(5-6-21(22)34-4)19-12-30(14-32)13-24(19,3)16(2)33/h5-9,14,16,18-19,33H,10-13H2,1-4H3/t16-,19+,24+/m1/s1. The molecule has 2 aliphatic rings. The lowest BCUT2D eigenvalue weighted by atomic mass is 9.72. The van der Waals surface area contributed by atoms with Gasteiger partial charge in [0.2, 0.25) is 6.41 Å². The number of hydrogen-bond acceptors (Lipinski definition) is 7. The zero-order valence-corrected chi connectivity index (χ0v) is 20.6. The molecule has 36 heavy (non-hydrogen) atoms. The van der Waals surface area contributed by atoms with Crippen molar-refractivity contribution in [3.63, 3.8) is 0 Å². The third-order valence-electron chi connectivity index (χ3n) is 7.16. The van der Waals surface area contributed by atoms with Gasteiger partial charge in [-0.25, -0.2) is 4.98 Å². The number of carbonyl (C=O) groups is 1. The van der Waals surface area contributed by atoms with Gasteiger partial charge < -0.3 is 29.1 Å². The number of halogens is 3. The Morgan fingerprint density at radius 1 is 1.17 bits per heavy atom. The first-order valence-electron chi connectivity index (χ1n) is 11.6. The van der Waals surface area contributed by atoms with Gasteiger partial charge in [0.15, 0.2) is 17.2 Å². The Balaban J connectivity index is 1.46. The van der Waals surface area contributed by atoms with Crippen LogP contribution < -0.4 is 19.1 Å². The van der Waals surface area contributed by atoms with E-state index in [4.69, 9.17) is 9.47 Å². The van der Waals surface area contributed by atoms with Crippen LogP contribution in [-0.2, 0) is 4.79 Å². The molecule has 0 spiro atoms. The average molecular weight is 510 g/mol. The number of nitrogens with zero attached hydrogens (tertiary/aromatic N) is 3. The monoisotopic (exact) mass is 509 g/mol. The van der Waals surface area contributed by atoms with Crippen LogP contribution in [0.4, 0.5) is 19.0 Å². The van der Waals surface area contributed by atoms with Crippen molar-refractivity contribution in [2.24, 2.45) is 5.41 Å². The molecule has 2 saturated heterocycles. The van der Waals surface area contributed by atoms with E-state index >= 15 is 0 Å². The number of ether oxygens (including phenoxy) is 3. The lowest BCUT2D eigenvalue weighted by molar-refractivity contribution is -0.275. The molecule has 0 unspecified atom stereocenters. The highest BCUT2D eigenvalue weighted by molar-refractivity contribution is 5.51. The first kappa shape index (κ1) is 25.9. The van der Waals surface area contributed by atoms with E-state index in [2.05, 4.69) is 9.72 Å². The molecule has 2 aliphatic heterocycles. The number of aliphatic hydroxyl groups is 1. The highest BCUT2D eigenvalue weighted by Crippen LogP contribution is 2.46. The van der Waals surface area contributed by atoms with Gasteiger partial charge in [-0.05, 0) is 43.7 Å². The molecule has 1 aromatic carbocycles. The van der Waals surface area contributed by atoms with Gasteiger partial charge in [0.25, 0.3) is 0 Å². The summed E-state index contributed by atoms with van der Waals surface area (Å²) in [6.07, 6.45) is -4.76. The van der Waals surface area contributed by atoms with Crippen molar-refractivity contribution < 1.29 is 37.3 Å². The van der Waals surface area contributed by atoms with Crippen molar-refractivity contribution in [1.82, 2.24) is 9.88 Å². The Morgan fingerprint density at radius 3 is 2.44 bits per heavy atom. The van der Waals surface area contributed by atoms with Crippen LogP contribution in [0.3, 0.4) is 0 Å². The molecule has 0 aliphatic carbocycles. The Bertz CT molecular complexity index is 1110. The van der Waals surface area contributed by atoms with Crippen LogP contribution in [-0.4, -0.2) is 73.3 Å². The maximum Gasteiger partial charge on any atom is 0.573 e. The molecule has 2 fully saturated rings. The van der Waals surface area contributed by atoms with Gasteiger partial charge in [0, 0.05) is 24.4 Å². The molecule has 3 atom stereocenters. The third kappa shape index (κ3) is 5.16. The van der Waals surface area contributed by atoms with Crippen molar-refractivity contribution in [3.8, 4) is 17.2 Å². The van der Waals surface area contributed by atoms with Crippen LogP contribution >= 0.6 is 0 Å². The average Bonchev–Trinajstić information content (AvgIpc) is 3.14. The fraction of sp³-hybridized carbons (Fsp3) is 0.520. The molecule has 2 aromatic rings. The van der Waals surface area contributed by atoms with Gasteiger partial charge in [-0.3, -0.25) is 4.79 Å². The van der Waals surface area contributed by atoms with Crippen LogP contribution in [0.5, 0.6) is 17.2 Å². The zero-order chi connectivity index (χ0) is 26.3. The summed E-state index contributed by atoms with van der Waals surface area (Å²) in [5.74, 6) is 1.23. The fourth-order valence-electron chi connectivity index (χ4n) is 4.87. The van der Waals surface area contributed by atoms with Gasteiger partial charge in [-0.2, -0.15) is 0 Å². The summed E-state index contributed by atoms with van der Waals surface area (Å²) in [5.41, 5.74) is 0.573. The summed E-state index contributed by atoms with van der Waals surface area (Å²) in [5, 5.41) is 10.5. The predicted octanol–water partition coefficient (Wildman–Crippen LogP) is 3.51. The van der Waals surface area contributed by atoms with E-state index < -0.39 is 17.9 Å². The molecule has 0 radical (unpaired) electrons. The summed E-state index contributed by atoms with van der Waals surface area (Å²) in [6.45, 7) is 7.11. The maximum absolute atomic E-state index is 12.5. The largest absolute Gasteiger partial charge is 0.573 e. The second-order valence-electron chi connectivity index (χ2n) is 9.63. The lowest BCUT2D eigenvalue weighted by Gasteiger charge is -2.40. The number of benzene rings is 1. The molecule has 11 heteroatoms. The van der Waals surface area contributed by atoms with Crippen LogP contribution in [0.15, 0.2) is 30.3 Å². The van der Waals surface area contributed by atoms with E-state index in [1.54, 1.807) is 18.9 Å². The summed E-state index contributed by atoms with van der Waals surface area (Å²) in [7, 11) is 1.55. The molecule has 8 nitrogen and oxygen atoms in total. The van der Waals surface area contributed by atoms with Gasteiger partial charge >= 0.3 is 6.36 Å². The minimum Gasteiger partial charge on any atom is -0.493 e. The van der Waals surface area contributed by atoms with Gasteiger partial charge in [-0.15, -0.1) is 13.2 Å². The van der Waals surface area contributed by atoms with Gasteiger partial charge in [0.05, 0.1) is 32.0 Å². The molecule has 196 valence electrons. The number of pyridine rings is 1. The highest BCUT2D eigenvalue weighted by Gasteiger charge is 2.47. The normalized spacial score (nSPS) is 23.3. The van der Waals surface area contributed by atoms with Crippen LogP contribution in [0.25, 0.3) is 0 Å². The highest BCUT2D eigenvalue weighted by atomic mass is 19.4. The van der Waals surface area contributed by atoms with Crippen molar-refractivity contribution in [2.75, 3.05) is 38.2 Å². The second kappa shape index (κ2) is 9.68. The Labute approximate surface area is 207 Å². The van der Waals surface area contributed by atoms with Crippen LogP contribution in [0.2, 0.25) is 0 Å². The minimum absolute atomic E-state index is 0.0848. The smallest absolute Gasteiger partial charge is 0.493 e. The number of likely N-dealkylation sites (tertiary alicyclic amines) is 1. The number of aliphatic hydroxyl groups excluding tert-OH is 1. The van der Waals surface area contributed by atoms with Crippen LogP contribution in [0.1, 0.15) is 31.0 Å². The zero-order valence-electron chi connectivity index (χ0n) is 20.6. The number of alkyl halides is 3. The molecule has 4 rings (SSSR count). The lowest BCUT2D eigenvalue weighted by Crippen LogP contribution is -2.54. The third-order valence-corrected chi connectivity index (χ3v) is 7.16. The van der Waals surface area contributed by atoms with Crippen molar-refractivity contribution >= 4 is 12.2 Å². The molecule has 1 amide bonds. The summed E-state index contributed by atoms with van der Waals surface area (Å²) >= 11 is 0. The molecular weight excluding hydrogens is 479 g/mol. The number of methoxy groups -OCH3 is 1. The number of aromatic nitrogens is 1. The fourth-order valence-corrected chi connectivity index (χ4v) is 4.87. The summed E-state index contributed by atoms with van der Waals surface area (Å²) in [6, 6.07) is 8.39. The molecule has 3 heterocycles. The first-order chi connectivity index (χ1) is 16.9. The molecule has 0 saturated carbocycles. The number of hydrogen-bond donors (Lipinski definition) is 1. The Hall–Kier alpha value is -3.21. The maximum atomic E-state index is 12.5. The van der Waals surface area contributed by atoms with E-state index in [9.17, 15) is 23.1 Å². The molecule has 1 N–H and O–H groups in total. The minimum atomic E-state index is -4.77. The van der Waals surface area contributed by atoms with E-state index in [-0.39, 0.29) is 23.5 Å². The van der Waals surface area contributed by atoms with Crippen molar-refractivity contribution in [3.05, 3.63) is 41.6 Å². The number of rotatable bonds is 8. The van der Waals surface area contributed by atoms with E-state index in [0.29, 0.717) is 43.5 Å². The van der Waals surface area contributed by atoms with E-state index in [1.165, 1.54) is 19.1 Å². The quantitative estimate of drug-likeness (QED) is 0.546. The number of anilines is 1. The number of carbonyl (C=O) groups excluding carboxylic acids is 1. The Kier molecular flexibility index (Phi) is 6.96. The predicted molar refractivity (Wildman–Crippen MR) is 125 cm³/mol. The first-order valence-corrected chi connectivity index (χ1v) is 11.6. The topological polar surface area (TPSA) is 84.4 Å². The summed E-state index contributed by atoms with van der Waals surface area (Å²) < 4.78 is 53.2. The van der Waals surface area contributed by atoms with Crippen molar-refractivity contribution in [2.45, 2.75) is 45.3 Å². The SMILES string of the molecule is COc1ccc([C@@H]2CN(C=O)C[C@@]2(C)[C@@H](C)O)cc1OC1CN(c2ccc(OC(F)(F)F)c(C)n2)C1. The van der Waals surface area contributed by atoms with Gasteiger partial charge in [0.1, 0.15) is 11.9 Å². The Morgan fingerprint density at radius 2 is 1.86 bits per heavy atom. The molecule has 0 bridgehead atoms. The van der Waals surface area contributed by atoms with E-state index in [1.807, 2.05) is 30.0 Å². The molecular formula is C25H30F3N3O5. The number of aryl methyl sites for hydroxylation is 1. The van der Waals surface area contributed by atoms with E-state index in [0.717, 1.165) is 12.0 Å².